The molecular weight excluding hydrogens is 395 g/mol. The predicted octanol–water partition coefficient (Wildman–Crippen LogP) is 4.71. The SMILES string of the molecule is CCC(C)(C)NC(=O)c1cccc(NS(=O)(=O)c2cc(Cl)ccc2Cl)c1. The van der Waals surface area contributed by atoms with E-state index in [0.29, 0.717) is 5.56 Å². The highest BCUT2D eigenvalue weighted by molar-refractivity contribution is 7.92. The third-order valence-corrected chi connectivity index (χ3v) is 5.99. The first-order valence-electron chi connectivity index (χ1n) is 7.94. The molecule has 2 aromatic rings. The Bertz CT molecular complexity index is 928. The zero-order valence-electron chi connectivity index (χ0n) is 14.6. The van der Waals surface area contributed by atoms with Gasteiger partial charge in [0.05, 0.1) is 5.02 Å². The molecule has 2 rings (SSSR count). The van der Waals surface area contributed by atoms with Crippen molar-refractivity contribution in [3.8, 4) is 0 Å². The van der Waals surface area contributed by atoms with Gasteiger partial charge in [-0.1, -0.05) is 36.2 Å². The van der Waals surface area contributed by atoms with Crippen LogP contribution < -0.4 is 10.0 Å². The second-order valence-corrected chi connectivity index (χ2v) is 8.95. The first-order valence-corrected chi connectivity index (χ1v) is 10.2. The number of benzene rings is 2. The highest BCUT2D eigenvalue weighted by atomic mass is 35.5. The quantitative estimate of drug-likeness (QED) is 0.718. The van der Waals surface area contributed by atoms with Crippen molar-refractivity contribution < 1.29 is 13.2 Å². The molecule has 0 unspecified atom stereocenters. The summed E-state index contributed by atoms with van der Waals surface area (Å²) >= 11 is 11.8. The first kappa shape index (κ1) is 20.6. The minimum atomic E-state index is -3.95. The number of carbonyl (C=O) groups is 1. The van der Waals surface area contributed by atoms with Gasteiger partial charge >= 0.3 is 0 Å². The van der Waals surface area contributed by atoms with E-state index in [-0.39, 0.29) is 32.1 Å². The highest BCUT2D eigenvalue weighted by Crippen LogP contribution is 2.27. The van der Waals surface area contributed by atoms with E-state index >= 15 is 0 Å². The Balaban J connectivity index is 2.28. The molecule has 0 spiro atoms. The summed E-state index contributed by atoms with van der Waals surface area (Å²) in [5.41, 5.74) is 0.243. The van der Waals surface area contributed by atoms with Crippen LogP contribution in [0.5, 0.6) is 0 Å². The van der Waals surface area contributed by atoms with E-state index in [1.165, 1.54) is 24.3 Å². The van der Waals surface area contributed by atoms with E-state index in [1.54, 1.807) is 18.2 Å². The normalized spacial score (nSPS) is 11.9. The van der Waals surface area contributed by atoms with Crippen LogP contribution in [0.3, 0.4) is 0 Å². The molecule has 140 valence electrons. The maximum Gasteiger partial charge on any atom is 0.263 e. The lowest BCUT2D eigenvalue weighted by atomic mass is 10.0. The lowest BCUT2D eigenvalue weighted by Crippen LogP contribution is -2.42. The number of nitrogens with one attached hydrogen (secondary N) is 2. The van der Waals surface area contributed by atoms with Crippen LogP contribution in [0, 0.1) is 0 Å². The van der Waals surface area contributed by atoms with Crippen LogP contribution in [-0.2, 0) is 10.0 Å². The van der Waals surface area contributed by atoms with Crippen LogP contribution in [0.25, 0.3) is 0 Å². The topological polar surface area (TPSA) is 75.3 Å². The van der Waals surface area contributed by atoms with Crippen molar-refractivity contribution >= 4 is 44.8 Å². The van der Waals surface area contributed by atoms with Gasteiger partial charge in [0, 0.05) is 21.8 Å². The number of hydrogen-bond acceptors (Lipinski definition) is 3. The van der Waals surface area contributed by atoms with Crippen LogP contribution in [0.15, 0.2) is 47.4 Å². The molecule has 8 heteroatoms. The average molecular weight is 415 g/mol. The monoisotopic (exact) mass is 414 g/mol. The average Bonchev–Trinajstić information content (AvgIpc) is 2.56. The Hall–Kier alpha value is -1.76. The summed E-state index contributed by atoms with van der Waals surface area (Å²) < 4.78 is 27.6. The third kappa shape index (κ3) is 5.13. The van der Waals surface area contributed by atoms with Gasteiger partial charge in [0.15, 0.2) is 0 Å². The van der Waals surface area contributed by atoms with Crippen LogP contribution in [0.1, 0.15) is 37.6 Å². The van der Waals surface area contributed by atoms with Crippen molar-refractivity contribution in [2.45, 2.75) is 37.6 Å². The minimum absolute atomic E-state index is 0.0560. The van der Waals surface area contributed by atoms with Crippen LogP contribution in [-0.4, -0.2) is 19.9 Å². The fourth-order valence-electron chi connectivity index (χ4n) is 2.09. The Kier molecular flexibility index (Phi) is 6.21. The molecule has 0 aromatic heterocycles. The lowest BCUT2D eigenvalue weighted by Gasteiger charge is -2.24. The number of carbonyl (C=O) groups excluding carboxylic acids is 1. The van der Waals surface area contributed by atoms with Crippen LogP contribution in [0.4, 0.5) is 5.69 Å². The van der Waals surface area contributed by atoms with Crippen molar-refractivity contribution in [2.75, 3.05) is 4.72 Å². The fraction of sp³-hybridized carbons (Fsp3) is 0.278. The number of amides is 1. The van der Waals surface area contributed by atoms with Gasteiger partial charge in [0.2, 0.25) is 0 Å². The Morgan fingerprint density at radius 1 is 1.12 bits per heavy atom. The van der Waals surface area contributed by atoms with Gasteiger partial charge in [-0.25, -0.2) is 8.42 Å². The maximum absolute atomic E-state index is 12.6. The van der Waals surface area contributed by atoms with Crippen molar-refractivity contribution in [3.05, 3.63) is 58.1 Å². The summed E-state index contributed by atoms with van der Waals surface area (Å²) in [5.74, 6) is -0.279. The van der Waals surface area contributed by atoms with Crippen molar-refractivity contribution in [3.63, 3.8) is 0 Å². The van der Waals surface area contributed by atoms with E-state index < -0.39 is 10.0 Å². The van der Waals surface area contributed by atoms with Gasteiger partial charge in [-0.15, -0.1) is 0 Å². The van der Waals surface area contributed by atoms with Crippen molar-refractivity contribution in [2.24, 2.45) is 0 Å². The van der Waals surface area contributed by atoms with E-state index in [4.69, 9.17) is 23.2 Å². The molecule has 0 atom stereocenters. The first-order chi connectivity index (χ1) is 12.0. The summed E-state index contributed by atoms with van der Waals surface area (Å²) in [6.07, 6.45) is 0.762. The molecule has 0 radical (unpaired) electrons. The van der Waals surface area contributed by atoms with Crippen molar-refractivity contribution in [1.29, 1.82) is 0 Å². The minimum Gasteiger partial charge on any atom is -0.347 e. The molecule has 0 saturated heterocycles. The van der Waals surface area contributed by atoms with Gasteiger partial charge in [-0.05, 0) is 56.7 Å². The number of halogens is 2. The second kappa shape index (κ2) is 7.86. The predicted molar refractivity (Wildman–Crippen MR) is 106 cm³/mol. The van der Waals surface area contributed by atoms with Gasteiger partial charge in [0.1, 0.15) is 4.90 Å². The van der Waals surface area contributed by atoms with E-state index in [9.17, 15) is 13.2 Å². The summed E-state index contributed by atoms with van der Waals surface area (Å²) in [6, 6.07) is 10.4. The van der Waals surface area contributed by atoms with Crippen LogP contribution in [0.2, 0.25) is 10.0 Å². The Morgan fingerprint density at radius 2 is 1.81 bits per heavy atom. The number of rotatable bonds is 6. The van der Waals surface area contributed by atoms with Crippen molar-refractivity contribution in [1.82, 2.24) is 5.32 Å². The molecule has 0 aliphatic carbocycles. The molecule has 0 bridgehead atoms. The Labute approximate surface area is 163 Å². The van der Waals surface area contributed by atoms with Gasteiger partial charge in [-0.3, -0.25) is 9.52 Å². The molecular formula is C18H20Cl2N2O3S. The third-order valence-electron chi connectivity index (χ3n) is 3.90. The Morgan fingerprint density at radius 3 is 2.46 bits per heavy atom. The number of anilines is 1. The van der Waals surface area contributed by atoms with E-state index in [2.05, 4.69) is 10.0 Å². The molecule has 0 aliphatic heterocycles. The molecule has 0 heterocycles. The summed E-state index contributed by atoms with van der Waals surface area (Å²) in [7, 11) is -3.95. The van der Waals surface area contributed by atoms with Gasteiger partial charge < -0.3 is 5.32 Å². The molecule has 2 N–H and O–H groups in total. The fourth-order valence-corrected chi connectivity index (χ4v) is 3.90. The molecule has 2 aromatic carbocycles. The summed E-state index contributed by atoms with van der Waals surface area (Å²) in [4.78, 5) is 12.2. The second-order valence-electron chi connectivity index (χ2n) is 6.45. The van der Waals surface area contributed by atoms with E-state index in [0.717, 1.165) is 6.42 Å². The zero-order valence-corrected chi connectivity index (χ0v) is 17.0. The largest absolute Gasteiger partial charge is 0.347 e. The summed E-state index contributed by atoms with van der Waals surface area (Å²) in [6.45, 7) is 5.80. The molecule has 1 amide bonds. The molecule has 0 saturated carbocycles. The standard InChI is InChI=1S/C18H20Cl2N2O3S/c1-4-18(2,3)21-17(23)12-6-5-7-14(10-12)22-26(24,25)16-11-13(19)8-9-15(16)20/h5-11,22H,4H2,1-3H3,(H,21,23). The van der Waals surface area contributed by atoms with E-state index in [1.807, 2.05) is 20.8 Å². The number of sulfonamides is 1. The summed E-state index contributed by atoms with van der Waals surface area (Å²) in [5, 5.41) is 3.22. The zero-order chi connectivity index (χ0) is 19.5. The smallest absolute Gasteiger partial charge is 0.263 e. The molecule has 0 fully saturated rings. The van der Waals surface area contributed by atoms with Gasteiger partial charge in [0.25, 0.3) is 15.9 Å². The maximum atomic E-state index is 12.6. The molecule has 26 heavy (non-hydrogen) atoms. The van der Waals surface area contributed by atoms with Gasteiger partial charge in [-0.2, -0.15) is 0 Å². The lowest BCUT2D eigenvalue weighted by molar-refractivity contribution is 0.0911. The highest BCUT2D eigenvalue weighted by Gasteiger charge is 2.21. The number of hydrogen-bond donors (Lipinski definition) is 2. The molecule has 0 aliphatic rings. The molecule has 5 nitrogen and oxygen atoms in total. The van der Waals surface area contributed by atoms with Crippen LogP contribution >= 0.6 is 23.2 Å².